The van der Waals surface area contributed by atoms with Crippen molar-refractivity contribution >= 4 is 18.9 Å². The SMILES string of the molecule is C=CC(CCCC)O[Si](c1ccccc1)(c1ccccc1)N(CC)CC. The number of hydrogen-bond acceptors (Lipinski definition) is 2. The fourth-order valence-corrected chi connectivity index (χ4v) is 7.91. The molecule has 1 atom stereocenters. The molecule has 26 heavy (non-hydrogen) atoms. The van der Waals surface area contributed by atoms with Crippen molar-refractivity contribution in [2.45, 2.75) is 46.1 Å². The number of hydrogen-bond donors (Lipinski definition) is 0. The fourth-order valence-electron chi connectivity index (χ4n) is 3.59. The summed E-state index contributed by atoms with van der Waals surface area (Å²) in [6.07, 6.45) is 5.41. The van der Waals surface area contributed by atoms with Crippen LogP contribution in [0.3, 0.4) is 0 Å². The Bertz CT molecular complexity index is 600. The lowest BCUT2D eigenvalue weighted by molar-refractivity contribution is 0.196. The molecule has 0 bridgehead atoms. The molecule has 0 aromatic heterocycles. The van der Waals surface area contributed by atoms with Crippen LogP contribution in [0.25, 0.3) is 0 Å². The zero-order valence-corrected chi connectivity index (χ0v) is 17.5. The number of rotatable bonds is 11. The molecule has 0 saturated heterocycles. The lowest BCUT2D eigenvalue weighted by atomic mass is 10.2. The van der Waals surface area contributed by atoms with Gasteiger partial charge in [0.25, 0.3) is 0 Å². The van der Waals surface area contributed by atoms with Gasteiger partial charge in [0, 0.05) is 0 Å². The van der Waals surface area contributed by atoms with Gasteiger partial charge in [-0.05, 0) is 29.9 Å². The van der Waals surface area contributed by atoms with Crippen LogP contribution in [-0.4, -0.2) is 32.2 Å². The molecule has 0 aliphatic carbocycles. The summed E-state index contributed by atoms with van der Waals surface area (Å²) in [5.41, 5.74) is 0. The Morgan fingerprint density at radius 3 is 1.81 bits per heavy atom. The van der Waals surface area contributed by atoms with Crippen molar-refractivity contribution in [1.29, 1.82) is 0 Å². The molecule has 2 aromatic carbocycles. The molecule has 0 aliphatic heterocycles. The molecule has 0 N–H and O–H groups in total. The van der Waals surface area contributed by atoms with E-state index in [2.05, 4.69) is 92.6 Å². The van der Waals surface area contributed by atoms with Crippen LogP contribution in [-0.2, 0) is 4.43 Å². The molecule has 1 unspecified atom stereocenters. The molecule has 0 fully saturated rings. The van der Waals surface area contributed by atoms with Gasteiger partial charge in [-0.1, -0.05) is 100 Å². The highest BCUT2D eigenvalue weighted by molar-refractivity contribution is 6.95. The standard InChI is InChI=1S/C23H33NOSi/c1-5-9-16-21(6-2)25-26(24(7-3)8-4,22-17-12-10-13-18-22)23-19-14-11-15-20-23/h6,10-15,17-21H,2,5,7-9,16H2,1,3-4H3. The van der Waals surface area contributed by atoms with Crippen LogP contribution in [0.1, 0.15) is 40.0 Å². The number of benzene rings is 2. The van der Waals surface area contributed by atoms with Gasteiger partial charge in [-0.2, -0.15) is 0 Å². The summed E-state index contributed by atoms with van der Waals surface area (Å²) in [5, 5.41) is 2.61. The average molecular weight is 368 g/mol. The van der Waals surface area contributed by atoms with Crippen LogP contribution in [0.4, 0.5) is 0 Å². The Labute approximate surface area is 160 Å². The molecule has 3 heteroatoms. The Kier molecular flexibility index (Phi) is 8.30. The largest absolute Gasteiger partial charge is 0.390 e. The van der Waals surface area contributed by atoms with Crippen LogP contribution < -0.4 is 10.4 Å². The van der Waals surface area contributed by atoms with E-state index in [0.29, 0.717) is 0 Å². The van der Waals surface area contributed by atoms with Gasteiger partial charge in [0.05, 0.1) is 6.10 Å². The van der Waals surface area contributed by atoms with E-state index >= 15 is 0 Å². The maximum absolute atomic E-state index is 7.05. The van der Waals surface area contributed by atoms with E-state index in [1.165, 1.54) is 16.8 Å². The third-order valence-electron chi connectivity index (χ3n) is 4.97. The van der Waals surface area contributed by atoms with E-state index < -0.39 is 8.48 Å². The fraction of sp³-hybridized carbons (Fsp3) is 0.391. The van der Waals surface area contributed by atoms with Crippen LogP contribution >= 0.6 is 0 Å². The minimum absolute atomic E-state index is 0.0719. The minimum Gasteiger partial charge on any atom is -0.390 e. The lowest BCUT2D eigenvalue weighted by Gasteiger charge is -2.42. The molecule has 0 aliphatic rings. The molecular formula is C23H33NOSi. The van der Waals surface area contributed by atoms with E-state index in [4.69, 9.17) is 4.43 Å². The van der Waals surface area contributed by atoms with Crippen molar-refractivity contribution in [2.75, 3.05) is 13.1 Å². The normalized spacial score (nSPS) is 12.9. The predicted octanol–water partition coefficient (Wildman–Crippen LogP) is 4.35. The lowest BCUT2D eigenvalue weighted by Crippen LogP contribution is -2.73. The Hall–Kier alpha value is -1.68. The molecule has 2 rings (SSSR count). The monoisotopic (exact) mass is 367 g/mol. The molecule has 0 heterocycles. The summed E-state index contributed by atoms with van der Waals surface area (Å²) in [7, 11) is -2.55. The first kappa shape index (κ1) is 20.6. The molecule has 0 saturated carbocycles. The molecule has 0 amide bonds. The zero-order valence-electron chi connectivity index (χ0n) is 16.5. The van der Waals surface area contributed by atoms with E-state index in [-0.39, 0.29) is 6.10 Å². The van der Waals surface area contributed by atoms with Crippen LogP contribution in [0, 0.1) is 0 Å². The van der Waals surface area contributed by atoms with Crippen LogP contribution in [0.5, 0.6) is 0 Å². The Morgan fingerprint density at radius 1 is 0.923 bits per heavy atom. The summed E-state index contributed by atoms with van der Waals surface area (Å²) >= 11 is 0. The van der Waals surface area contributed by atoms with Crippen LogP contribution in [0.15, 0.2) is 73.3 Å². The summed E-state index contributed by atoms with van der Waals surface area (Å²) in [5.74, 6) is 0. The van der Waals surface area contributed by atoms with E-state index in [9.17, 15) is 0 Å². The second-order valence-electron chi connectivity index (χ2n) is 6.58. The zero-order chi connectivity index (χ0) is 18.8. The second-order valence-corrected chi connectivity index (χ2v) is 9.89. The van der Waals surface area contributed by atoms with Crippen molar-refractivity contribution in [3.05, 3.63) is 73.3 Å². The summed E-state index contributed by atoms with van der Waals surface area (Å²) in [6.45, 7) is 12.7. The van der Waals surface area contributed by atoms with Gasteiger partial charge in [-0.25, -0.2) is 0 Å². The van der Waals surface area contributed by atoms with Gasteiger partial charge in [0.1, 0.15) is 0 Å². The highest BCUT2D eigenvalue weighted by Gasteiger charge is 2.46. The van der Waals surface area contributed by atoms with Crippen molar-refractivity contribution in [3.8, 4) is 0 Å². The van der Waals surface area contributed by atoms with Gasteiger partial charge in [0.15, 0.2) is 0 Å². The first-order chi connectivity index (χ1) is 12.7. The van der Waals surface area contributed by atoms with Crippen LogP contribution in [0.2, 0.25) is 0 Å². The molecule has 2 nitrogen and oxygen atoms in total. The Balaban J connectivity index is 2.61. The first-order valence-corrected chi connectivity index (χ1v) is 11.7. The van der Waals surface area contributed by atoms with Crippen molar-refractivity contribution < 1.29 is 4.43 Å². The third-order valence-corrected chi connectivity index (χ3v) is 9.36. The van der Waals surface area contributed by atoms with Crippen molar-refractivity contribution in [2.24, 2.45) is 0 Å². The van der Waals surface area contributed by atoms with Gasteiger partial charge < -0.3 is 4.43 Å². The average Bonchev–Trinajstić information content (AvgIpc) is 2.72. The molecule has 0 radical (unpaired) electrons. The molecule has 2 aromatic rings. The third kappa shape index (κ3) is 4.53. The molecular weight excluding hydrogens is 334 g/mol. The maximum Gasteiger partial charge on any atom is 0.339 e. The van der Waals surface area contributed by atoms with Crippen molar-refractivity contribution in [3.63, 3.8) is 0 Å². The van der Waals surface area contributed by atoms with Gasteiger partial charge in [-0.3, -0.25) is 4.57 Å². The summed E-state index contributed by atoms with van der Waals surface area (Å²) in [6, 6.07) is 21.6. The topological polar surface area (TPSA) is 12.5 Å². The van der Waals surface area contributed by atoms with Crippen molar-refractivity contribution in [1.82, 2.24) is 4.57 Å². The minimum atomic E-state index is -2.55. The first-order valence-electron chi connectivity index (χ1n) is 9.89. The molecule has 0 spiro atoms. The second kappa shape index (κ2) is 10.5. The summed E-state index contributed by atoms with van der Waals surface area (Å²) in [4.78, 5) is 0. The number of unbranched alkanes of at least 4 members (excludes halogenated alkanes) is 1. The predicted molar refractivity (Wildman–Crippen MR) is 115 cm³/mol. The van der Waals surface area contributed by atoms with Gasteiger partial charge in [0.2, 0.25) is 0 Å². The van der Waals surface area contributed by atoms with E-state index in [1.807, 2.05) is 6.08 Å². The molecule has 140 valence electrons. The number of nitrogens with zero attached hydrogens (tertiary/aromatic N) is 1. The van der Waals surface area contributed by atoms with E-state index in [1.54, 1.807) is 0 Å². The van der Waals surface area contributed by atoms with Gasteiger partial charge in [-0.15, -0.1) is 6.58 Å². The Morgan fingerprint density at radius 2 is 1.42 bits per heavy atom. The quantitative estimate of drug-likeness (QED) is 0.432. The smallest absolute Gasteiger partial charge is 0.339 e. The summed E-state index contributed by atoms with van der Waals surface area (Å²) < 4.78 is 9.59. The highest BCUT2D eigenvalue weighted by Crippen LogP contribution is 2.19. The van der Waals surface area contributed by atoms with Gasteiger partial charge >= 0.3 is 8.48 Å². The maximum atomic E-state index is 7.05. The highest BCUT2D eigenvalue weighted by atomic mass is 28.4. The van der Waals surface area contributed by atoms with E-state index in [0.717, 1.165) is 25.9 Å².